The van der Waals surface area contributed by atoms with Crippen molar-refractivity contribution in [3.63, 3.8) is 0 Å². The number of para-hydroxylation sites is 1. The van der Waals surface area contributed by atoms with Gasteiger partial charge >= 0.3 is 0 Å². The van der Waals surface area contributed by atoms with Crippen LogP contribution in [0.2, 0.25) is 0 Å². The van der Waals surface area contributed by atoms with E-state index in [4.69, 9.17) is 0 Å². The van der Waals surface area contributed by atoms with Gasteiger partial charge in [0.05, 0.1) is 11.4 Å². The van der Waals surface area contributed by atoms with E-state index in [0.717, 1.165) is 0 Å². The largest absolute Gasteiger partial charge is 0.386 e. The number of aromatic nitrogens is 1. The van der Waals surface area contributed by atoms with Crippen molar-refractivity contribution >= 4 is 37.3 Å². The summed E-state index contributed by atoms with van der Waals surface area (Å²) < 4.78 is 27.8. The van der Waals surface area contributed by atoms with Crippen molar-refractivity contribution in [3.8, 4) is 0 Å². The Hall–Kier alpha value is -1.60. The summed E-state index contributed by atoms with van der Waals surface area (Å²) in [6.07, 6.45) is 1.44. The predicted molar refractivity (Wildman–Crippen MR) is 78.7 cm³/mol. The van der Waals surface area contributed by atoms with Crippen LogP contribution in [0.1, 0.15) is 0 Å². The fourth-order valence-corrected chi connectivity index (χ4v) is 3.27. The number of hydrogen-bond acceptors (Lipinski definition) is 4. The zero-order chi connectivity index (χ0) is 13.9. The Morgan fingerprint density at radius 2 is 1.79 bits per heavy atom. The molecule has 0 saturated carbocycles. The van der Waals surface area contributed by atoms with Gasteiger partial charge in [-0.1, -0.05) is 12.1 Å². The van der Waals surface area contributed by atoms with Crippen LogP contribution in [0.5, 0.6) is 0 Å². The average molecular weight is 342 g/mol. The van der Waals surface area contributed by atoms with E-state index in [1.165, 1.54) is 6.20 Å². The molecule has 1 aromatic heterocycles. The van der Waals surface area contributed by atoms with Crippen LogP contribution >= 0.6 is 15.9 Å². The van der Waals surface area contributed by atoms with Crippen LogP contribution in [-0.4, -0.2) is 20.4 Å². The molecular formula is C12H12BrN3O2S. The molecule has 0 aliphatic rings. The Balaban J connectivity index is 2.41. The zero-order valence-electron chi connectivity index (χ0n) is 10.1. The first-order chi connectivity index (χ1) is 9.04. The molecule has 0 radical (unpaired) electrons. The minimum absolute atomic E-state index is 0.0340. The van der Waals surface area contributed by atoms with Gasteiger partial charge < -0.3 is 5.32 Å². The second-order valence-electron chi connectivity index (χ2n) is 3.69. The van der Waals surface area contributed by atoms with E-state index in [1.54, 1.807) is 37.4 Å². The van der Waals surface area contributed by atoms with Crippen molar-refractivity contribution < 1.29 is 8.42 Å². The Morgan fingerprint density at radius 1 is 1.11 bits per heavy atom. The Labute approximate surface area is 120 Å². The van der Waals surface area contributed by atoms with Crippen LogP contribution in [0.4, 0.5) is 11.4 Å². The minimum Gasteiger partial charge on any atom is -0.386 e. The molecule has 1 aromatic carbocycles. The van der Waals surface area contributed by atoms with Crippen molar-refractivity contribution in [2.24, 2.45) is 0 Å². The first-order valence-corrected chi connectivity index (χ1v) is 7.72. The summed E-state index contributed by atoms with van der Waals surface area (Å²) in [4.78, 5) is 3.92. The van der Waals surface area contributed by atoms with E-state index in [9.17, 15) is 8.42 Å². The molecule has 0 atom stereocenters. The highest BCUT2D eigenvalue weighted by atomic mass is 79.9. The molecule has 0 unspecified atom stereocenters. The number of sulfonamides is 1. The molecule has 0 aliphatic carbocycles. The highest BCUT2D eigenvalue weighted by Crippen LogP contribution is 2.26. The van der Waals surface area contributed by atoms with Gasteiger partial charge in [-0.25, -0.2) is 4.98 Å². The molecule has 0 amide bonds. The number of hydrogen-bond donors (Lipinski definition) is 2. The van der Waals surface area contributed by atoms with Crippen molar-refractivity contribution in [1.82, 2.24) is 4.98 Å². The summed E-state index contributed by atoms with van der Waals surface area (Å²) in [5.41, 5.74) is 0.914. The molecule has 5 nitrogen and oxygen atoms in total. The summed E-state index contributed by atoms with van der Waals surface area (Å²) in [5.74, 6) is 0. The number of benzene rings is 1. The zero-order valence-corrected chi connectivity index (χ0v) is 12.5. The van der Waals surface area contributed by atoms with Gasteiger partial charge in [-0.3, -0.25) is 4.72 Å². The molecule has 100 valence electrons. The van der Waals surface area contributed by atoms with E-state index in [2.05, 4.69) is 31.0 Å². The lowest BCUT2D eigenvalue weighted by molar-refractivity contribution is 0.598. The smallest absolute Gasteiger partial charge is 0.281 e. The number of pyridine rings is 1. The van der Waals surface area contributed by atoms with Crippen LogP contribution in [-0.2, 0) is 10.0 Å². The summed E-state index contributed by atoms with van der Waals surface area (Å²) in [5, 5.41) is 2.77. The van der Waals surface area contributed by atoms with E-state index in [-0.39, 0.29) is 5.03 Å². The molecule has 0 saturated heterocycles. The van der Waals surface area contributed by atoms with Crippen molar-refractivity contribution in [2.45, 2.75) is 5.03 Å². The Morgan fingerprint density at radius 3 is 2.47 bits per heavy atom. The summed E-state index contributed by atoms with van der Waals surface area (Å²) in [6.45, 7) is 0. The molecule has 2 aromatic rings. The summed E-state index contributed by atoms with van der Waals surface area (Å²) >= 11 is 3.29. The van der Waals surface area contributed by atoms with Gasteiger partial charge in [0.25, 0.3) is 10.0 Å². The normalized spacial score (nSPS) is 11.1. The topological polar surface area (TPSA) is 71.1 Å². The van der Waals surface area contributed by atoms with E-state index in [0.29, 0.717) is 15.8 Å². The minimum atomic E-state index is -3.73. The summed E-state index contributed by atoms with van der Waals surface area (Å²) in [6, 6.07) is 10.3. The van der Waals surface area contributed by atoms with E-state index < -0.39 is 10.0 Å². The second kappa shape index (κ2) is 5.58. The maximum absolute atomic E-state index is 12.3. The van der Waals surface area contributed by atoms with Gasteiger partial charge in [0, 0.05) is 17.7 Å². The predicted octanol–water partition coefficient (Wildman–Crippen LogP) is 2.69. The van der Waals surface area contributed by atoms with E-state index in [1.807, 2.05) is 6.07 Å². The van der Waals surface area contributed by atoms with Crippen LogP contribution in [0, 0.1) is 0 Å². The van der Waals surface area contributed by atoms with Gasteiger partial charge in [-0.15, -0.1) is 0 Å². The number of anilines is 2. The monoisotopic (exact) mass is 341 g/mol. The number of nitrogens with zero attached hydrogens (tertiary/aromatic N) is 1. The van der Waals surface area contributed by atoms with Crippen molar-refractivity contribution in [2.75, 3.05) is 17.1 Å². The molecule has 0 fully saturated rings. The van der Waals surface area contributed by atoms with Gasteiger partial charge in [0.2, 0.25) is 0 Å². The number of rotatable bonds is 4. The lowest BCUT2D eigenvalue weighted by atomic mass is 10.3. The molecule has 0 bridgehead atoms. The fraction of sp³-hybridized carbons (Fsp3) is 0.0833. The van der Waals surface area contributed by atoms with Crippen LogP contribution < -0.4 is 10.0 Å². The van der Waals surface area contributed by atoms with Gasteiger partial charge in [-0.05, 0) is 40.2 Å². The third kappa shape index (κ3) is 3.05. The standard InChI is InChI=1S/C12H12BrN3O2S/c1-14-11-7-4-8-15-12(11)19(17,18)16-10-6-3-2-5-9(10)13/h2-8,14,16H,1H3. The Bertz CT molecular complexity index is 689. The quantitative estimate of drug-likeness (QED) is 0.896. The van der Waals surface area contributed by atoms with Crippen LogP contribution in [0.3, 0.4) is 0 Å². The lowest BCUT2D eigenvalue weighted by Crippen LogP contribution is -2.16. The Kier molecular flexibility index (Phi) is 4.06. The average Bonchev–Trinajstić information content (AvgIpc) is 2.41. The first-order valence-electron chi connectivity index (χ1n) is 5.45. The molecule has 2 N–H and O–H groups in total. The number of nitrogens with one attached hydrogen (secondary N) is 2. The van der Waals surface area contributed by atoms with Gasteiger partial charge in [0.1, 0.15) is 0 Å². The SMILES string of the molecule is CNc1cccnc1S(=O)(=O)Nc1ccccc1Br. The highest BCUT2D eigenvalue weighted by molar-refractivity contribution is 9.10. The summed E-state index contributed by atoms with van der Waals surface area (Å²) in [7, 11) is -2.08. The number of halogens is 1. The maximum Gasteiger partial charge on any atom is 0.281 e. The second-order valence-corrected chi connectivity index (χ2v) is 6.14. The first kappa shape index (κ1) is 13.8. The van der Waals surface area contributed by atoms with Crippen molar-refractivity contribution in [1.29, 1.82) is 0 Å². The highest BCUT2D eigenvalue weighted by Gasteiger charge is 2.20. The van der Waals surface area contributed by atoms with Gasteiger partial charge in [-0.2, -0.15) is 8.42 Å². The van der Waals surface area contributed by atoms with Crippen molar-refractivity contribution in [3.05, 3.63) is 47.1 Å². The fourth-order valence-electron chi connectivity index (χ4n) is 1.53. The lowest BCUT2D eigenvalue weighted by Gasteiger charge is -2.11. The molecule has 0 spiro atoms. The maximum atomic E-state index is 12.3. The molecule has 19 heavy (non-hydrogen) atoms. The molecule has 2 rings (SSSR count). The van der Waals surface area contributed by atoms with Gasteiger partial charge in [0.15, 0.2) is 5.03 Å². The van der Waals surface area contributed by atoms with Crippen LogP contribution in [0.25, 0.3) is 0 Å². The molecule has 0 aliphatic heterocycles. The molecule has 7 heteroatoms. The van der Waals surface area contributed by atoms with E-state index >= 15 is 0 Å². The third-order valence-electron chi connectivity index (χ3n) is 2.41. The van der Waals surface area contributed by atoms with Crippen LogP contribution in [0.15, 0.2) is 52.1 Å². The third-order valence-corrected chi connectivity index (χ3v) is 4.43. The molecular weight excluding hydrogens is 330 g/mol. The molecule has 1 heterocycles.